The standard InChI is InChI=1S/C26H37N5O3/c1-34-24-11-5-20(6-12-24)18-28-26(33)29-22-9-7-21(8-10-22)25(32)31-16-14-30(15-17-31)19-23-4-2-3-13-27-23/h2-6,11-13,21-22,26,28-29,33H,7-10,14-19H2,1H3. The van der Waals surface area contributed by atoms with E-state index in [1.165, 1.54) is 0 Å². The third kappa shape index (κ3) is 6.99. The molecule has 1 atom stereocenters. The van der Waals surface area contributed by atoms with Crippen molar-refractivity contribution in [3.05, 3.63) is 59.9 Å². The number of carbonyl (C=O) groups excluding carboxylic acids is 1. The molecule has 1 aliphatic heterocycles. The Balaban J connectivity index is 1.13. The van der Waals surface area contributed by atoms with E-state index < -0.39 is 6.35 Å². The third-order valence-corrected chi connectivity index (χ3v) is 6.92. The molecule has 1 saturated heterocycles. The van der Waals surface area contributed by atoms with Crippen LogP contribution in [0, 0.1) is 5.92 Å². The van der Waals surface area contributed by atoms with Crippen molar-refractivity contribution in [1.82, 2.24) is 25.4 Å². The quantitative estimate of drug-likeness (QED) is 0.486. The van der Waals surface area contributed by atoms with Gasteiger partial charge in [0.15, 0.2) is 6.35 Å². The van der Waals surface area contributed by atoms with Gasteiger partial charge in [0.1, 0.15) is 5.75 Å². The van der Waals surface area contributed by atoms with Gasteiger partial charge in [-0.25, -0.2) is 0 Å². The SMILES string of the molecule is COc1ccc(CNC(O)NC2CCC(C(=O)N3CCN(Cc4ccccn4)CC3)CC2)cc1. The van der Waals surface area contributed by atoms with Gasteiger partial charge in [-0.05, 0) is 55.5 Å². The van der Waals surface area contributed by atoms with Crippen molar-refractivity contribution in [1.29, 1.82) is 0 Å². The van der Waals surface area contributed by atoms with E-state index in [2.05, 4.69) is 26.6 Å². The zero-order valence-corrected chi connectivity index (χ0v) is 20.0. The van der Waals surface area contributed by atoms with Crippen molar-refractivity contribution in [2.75, 3.05) is 33.3 Å². The second kappa shape index (κ2) is 12.3. The Hall–Kier alpha value is -2.52. The summed E-state index contributed by atoms with van der Waals surface area (Å²) in [5.74, 6) is 1.22. The molecule has 1 aromatic carbocycles. The van der Waals surface area contributed by atoms with Crippen molar-refractivity contribution in [3.8, 4) is 5.75 Å². The monoisotopic (exact) mass is 467 g/mol. The van der Waals surface area contributed by atoms with Gasteiger partial charge in [-0.3, -0.25) is 25.3 Å². The summed E-state index contributed by atoms with van der Waals surface area (Å²) >= 11 is 0. The lowest BCUT2D eigenvalue weighted by Gasteiger charge is -2.38. The number of methoxy groups -OCH3 is 1. The minimum atomic E-state index is -0.772. The minimum absolute atomic E-state index is 0.102. The number of ether oxygens (including phenoxy) is 1. The number of pyridine rings is 1. The number of benzene rings is 1. The first-order chi connectivity index (χ1) is 16.6. The Labute approximate surface area is 202 Å². The third-order valence-electron chi connectivity index (χ3n) is 6.92. The van der Waals surface area contributed by atoms with E-state index in [0.29, 0.717) is 12.5 Å². The van der Waals surface area contributed by atoms with Crippen molar-refractivity contribution in [2.24, 2.45) is 5.92 Å². The van der Waals surface area contributed by atoms with Crippen LogP contribution in [0.3, 0.4) is 0 Å². The van der Waals surface area contributed by atoms with Crippen LogP contribution in [0.25, 0.3) is 0 Å². The second-order valence-corrected chi connectivity index (χ2v) is 9.27. The molecule has 8 heteroatoms. The average molecular weight is 468 g/mol. The first-order valence-corrected chi connectivity index (χ1v) is 12.3. The molecule has 34 heavy (non-hydrogen) atoms. The number of nitrogens with one attached hydrogen (secondary N) is 2. The van der Waals surface area contributed by atoms with Gasteiger partial charge >= 0.3 is 0 Å². The van der Waals surface area contributed by atoms with E-state index in [1.807, 2.05) is 47.5 Å². The number of piperazine rings is 1. The van der Waals surface area contributed by atoms with E-state index in [9.17, 15) is 9.90 Å². The lowest BCUT2D eigenvalue weighted by molar-refractivity contribution is -0.138. The first-order valence-electron chi connectivity index (χ1n) is 12.3. The van der Waals surface area contributed by atoms with Crippen molar-refractivity contribution in [2.45, 2.75) is 51.2 Å². The maximum atomic E-state index is 13.1. The predicted molar refractivity (Wildman–Crippen MR) is 131 cm³/mol. The highest BCUT2D eigenvalue weighted by Crippen LogP contribution is 2.27. The fourth-order valence-corrected chi connectivity index (χ4v) is 4.85. The molecule has 0 radical (unpaired) electrons. The number of carbonyl (C=O) groups is 1. The number of amides is 1. The Morgan fingerprint density at radius 2 is 1.82 bits per heavy atom. The smallest absolute Gasteiger partial charge is 0.225 e. The molecule has 8 nitrogen and oxygen atoms in total. The molecule has 2 fully saturated rings. The van der Waals surface area contributed by atoms with E-state index in [-0.39, 0.29) is 12.0 Å². The average Bonchev–Trinajstić information content (AvgIpc) is 2.89. The van der Waals surface area contributed by atoms with Gasteiger partial charge in [-0.15, -0.1) is 0 Å². The molecule has 1 unspecified atom stereocenters. The summed E-state index contributed by atoms with van der Waals surface area (Å²) in [7, 11) is 1.65. The van der Waals surface area contributed by atoms with Gasteiger partial charge < -0.3 is 14.7 Å². The lowest BCUT2D eigenvalue weighted by atomic mass is 9.85. The van der Waals surface area contributed by atoms with Crippen LogP contribution < -0.4 is 15.4 Å². The van der Waals surface area contributed by atoms with Crippen LogP contribution in [0.4, 0.5) is 0 Å². The van der Waals surface area contributed by atoms with Gasteiger partial charge in [-0.2, -0.15) is 0 Å². The number of aliphatic hydroxyl groups is 1. The lowest BCUT2D eigenvalue weighted by Crippen LogP contribution is -2.51. The van der Waals surface area contributed by atoms with Crippen molar-refractivity contribution >= 4 is 5.91 Å². The maximum absolute atomic E-state index is 13.1. The Bertz CT molecular complexity index is 879. The van der Waals surface area contributed by atoms with Crippen LogP contribution in [-0.2, 0) is 17.9 Å². The molecule has 3 N–H and O–H groups in total. The van der Waals surface area contributed by atoms with Gasteiger partial charge in [0.25, 0.3) is 0 Å². The van der Waals surface area contributed by atoms with Gasteiger partial charge in [0, 0.05) is 57.4 Å². The van der Waals surface area contributed by atoms with Gasteiger partial charge in [-0.1, -0.05) is 18.2 Å². The van der Waals surface area contributed by atoms with Crippen LogP contribution in [0.5, 0.6) is 5.75 Å². The molecule has 1 amide bonds. The molecule has 0 spiro atoms. The summed E-state index contributed by atoms with van der Waals surface area (Å²) in [6, 6.07) is 14.0. The topological polar surface area (TPSA) is 90.0 Å². The summed E-state index contributed by atoms with van der Waals surface area (Å²) in [5.41, 5.74) is 2.16. The number of rotatable bonds is 9. The highest BCUT2D eigenvalue weighted by Gasteiger charge is 2.31. The molecule has 2 aliphatic rings. The molecule has 184 valence electrons. The zero-order chi connectivity index (χ0) is 23.8. The molecule has 1 aliphatic carbocycles. The highest BCUT2D eigenvalue weighted by atomic mass is 16.5. The van der Waals surface area contributed by atoms with Crippen LogP contribution >= 0.6 is 0 Å². The minimum Gasteiger partial charge on any atom is -0.497 e. The number of aliphatic hydroxyl groups excluding tert-OH is 1. The van der Waals surface area contributed by atoms with Crippen LogP contribution in [0.1, 0.15) is 36.9 Å². The molecule has 1 aromatic heterocycles. The Morgan fingerprint density at radius 3 is 2.47 bits per heavy atom. The van der Waals surface area contributed by atoms with Crippen molar-refractivity contribution < 1.29 is 14.6 Å². The predicted octanol–water partition coefficient (Wildman–Crippen LogP) is 1.95. The summed E-state index contributed by atoms with van der Waals surface area (Å²) in [6.07, 6.45) is 4.60. The number of nitrogens with zero attached hydrogens (tertiary/aromatic N) is 3. The molecular formula is C26H37N5O3. The Kier molecular flexibility index (Phi) is 8.87. The summed E-state index contributed by atoms with van der Waals surface area (Å²) < 4.78 is 5.17. The van der Waals surface area contributed by atoms with Gasteiger partial charge in [0.2, 0.25) is 5.91 Å². The first kappa shape index (κ1) is 24.6. The molecular weight excluding hydrogens is 430 g/mol. The van der Waals surface area contributed by atoms with E-state index in [0.717, 1.165) is 75.4 Å². The van der Waals surface area contributed by atoms with Crippen LogP contribution in [0.15, 0.2) is 48.7 Å². The summed E-state index contributed by atoms with van der Waals surface area (Å²) in [5, 5.41) is 16.7. The van der Waals surface area contributed by atoms with E-state index in [1.54, 1.807) is 7.11 Å². The normalized spacial score (nSPS) is 22.4. The number of hydrogen-bond donors (Lipinski definition) is 3. The Morgan fingerprint density at radius 1 is 1.09 bits per heavy atom. The van der Waals surface area contributed by atoms with E-state index >= 15 is 0 Å². The molecule has 0 bridgehead atoms. The molecule has 2 heterocycles. The fraction of sp³-hybridized carbons (Fsp3) is 0.538. The fourth-order valence-electron chi connectivity index (χ4n) is 4.85. The molecule has 1 saturated carbocycles. The zero-order valence-electron chi connectivity index (χ0n) is 20.0. The number of aromatic nitrogens is 1. The highest BCUT2D eigenvalue weighted by molar-refractivity contribution is 5.79. The summed E-state index contributed by atoms with van der Waals surface area (Å²) in [6.45, 7) is 4.78. The van der Waals surface area contributed by atoms with Crippen LogP contribution in [0.2, 0.25) is 0 Å². The van der Waals surface area contributed by atoms with Gasteiger partial charge in [0.05, 0.1) is 12.8 Å². The molecule has 2 aromatic rings. The van der Waals surface area contributed by atoms with Crippen LogP contribution in [-0.4, -0.2) is 71.5 Å². The molecule has 4 rings (SSSR count). The van der Waals surface area contributed by atoms with E-state index in [4.69, 9.17) is 4.74 Å². The largest absolute Gasteiger partial charge is 0.497 e. The number of hydrogen-bond acceptors (Lipinski definition) is 7. The summed E-state index contributed by atoms with van der Waals surface area (Å²) in [4.78, 5) is 21.9. The second-order valence-electron chi connectivity index (χ2n) is 9.27. The van der Waals surface area contributed by atoms with Crippen molar-refractivity contribution in [3.63, 3.8) is 0 Å². The maximum Gasteiger partial charge on any atom is 0.225 e.